The molecule has 2 aliphatic rings. The van der Waals surface area contributed by atoms with Gasteiger partial charge in [-0.15, -0.1) is 0 Å². The second-order valence-corrected chi connectivity index (χ2v) is 7.08. The van der Waals surface area contributed by atoms with Crippen molar-refractivity contribution in [2.24, 2.45) is 0 Å². The highest BCUT2D eigenvalue weighted by Gasteiger charge is 2.45. The van der Waals surface area contributed by atoms with E-state index in [4.69, 9.17) is 4.42 Å². The van der Waals surface area contributed by atoms with E-state index in [1.54, 1.807) is 30.9 Å². The van der Waals surface area contributed by atoms with Crippen molar-refractivity contribution in [2.45, 2.75) is 38.3 Å². The third kappa shape index (κ3) is 3.56. The van der Waals surface area contributed by atoms with E-state index in [0.717, 1.165) is 17.7 Å². The van der Waals surface area contributed by atoms with Crippen LogP contribution >= 0.6 is 0 Å². The Morgan fingerprint density at radius 2 is 2.15 bits per heavy atom. The van der Waals surface area contributed by atoms with Crippen LogP contribution in [0.1, 0.15) is 37.2 Å². The summed E-state index contributed by atoms with van der Waals surface area (Å²) in [6.45, 7) is 3.79. The Balaban J connectivity index is 1.55. The topological polar surface area (TPSA) is 112 Å². The lowest BCUT2D eigenvalue weighted by Crippen LogP contribution is -2.52. The number of amides is 5. The maximum atomic E-state index is 12.3. The molecule has 2 fully saturated rings. The summed E-state index contributed by atoms with van der Waals surface area (Å²) in [5.74, 6) is -0.817. The molecule has 3 heterocycles. The minimum atomic E-state index is -1.01. The third-order valence-corrected chi connectivity index (χ3v) is 4.55. The number of carbonyl (C=O) groups excluding carboxylic acids is 4. The van der Waals surface area contributed by atoms with E-state index in [-0.39, 0.29) is 24.3 Å². The first-order valence-electron chi connectivity index (χ1n) is 8.54. The normalized spacial score (nSPS) is 22.3. The Hall–Kier alpha value is -2.84. The molecule has 2 aliphatic heterocycles. The average Bonchev–Trinajstić information content (AvgIpc) is 3.18. The Bertz CT molecular complexity index is 728. The van der Waals surface area contributed by atoms with Crippen molar-refractivity contribution in [1.29, 1.82) is 0 Å². The number of furan rings is 1. The van der Waals surface area contributed by atoms with Crippen LogP contribution < -0.4 is 10.6 Å². The highest BCUT2D eigenvalue weighted by atomic mass is 16.3. The molecule has 3 rings (SSSR count). The van der Waals surface area contributed by atoms with Gasteiger partial charge in [0.2, 0.25) is 5.91 Å². The molecule has 1 aromatic heterocycles. The summed E-state index contributed by atoms with van der Waals surface area (Å²) in [6, 6.07) is 2.44. The van der Waals surface area contributed by atoms with E-state index >= 15 is 0 Å². The summed E-state index contributed by atoms with van der Waals surface area (Å²) in [5, 5.41) is 5.34. The largest absolute Gasteiger partial charge is 0.459 e. The van der Waals surface area contributed by atoms with Crippen molar-refractivity contribution in [2.75, 3.05) is 19.6 Å². The molecule has 0 radical (unpaired) electrons. The summed E-state index contributed by atoms with van der Waals surface area (Å²) in [4.78, 5) is 51.1. The number of rotatable bonds is 4. The molecule has 140 valence electrons. The Labute approximate surface area is 150 Å². The Morgan fingerprint density at radius 1 is 1.38 bits per heavy atom. The molecule has 9 nitrogen and oxygen atoms in total. The molecule has 0 unspecified atom stereocenters. The number of likely N-dealkylation sites (tertiary alicyclic amines) is 1. The number of nitrogens with one attached hydrogen (secondary N) is 2. The predicted molar refractivity (Wildman–Crippen MR) is 90.1 cm³/mol. The summed E-state index contributed by atoms with van der Waals surface area (Å²) < 4.78 is 5.13. The number of piperidine rings is 1. The van der Waals surface area contributed by atoms with E-state index in [2.05, 4.69) is 10.6 Å². The molecule has 26 heavy (non-hydrogen) atoms. The van der Waals surface area contributed by atoms with Crippen LogP contribution in [0.4, 0.5) is 4.79 Å². The SMILES string of the molecule is CC1(C)NC(=O)N(CC(=O)N[C@H]2CCCN(C(=O)c3ccco3)C2)C1=O. The maximum absolute atomic E-state index is 12.3. The van der Waals surface area contributed by atoms with Gasteiger partial charge in [-0.05, 0) is 38.8 Å². The van der Waals surface area contributed by atoms with Crippen molar-refractivity contribution >= 4 is 23.8 Å². The van der Waals surface area contributed by atoms with E-state index in [1.807, 2.05) is 0 Å². The minimum Gasteiger partial charge on any atom is -0.459 e. The van der Waals surface area contributed by atoms with Gasteiger partial charge in [-0.1, -0.05) is 0 Å². The number of urea groups is 1. The zero-order valence-corrected chi connectivity index (χ0v) is 14.8. The number of nitrogens with zero attached hydrogens (tertiary/aromatic N) is 2. The standard InChI is InChI=1S/C17H22N4O5/c1-17(2)15(24)21(16(25)19-17)10-13(22)18-11-5-3-7-20(9-11)14(23)12-6-4-8-26-12/h4,6,8,11H,3,5,7,9-10H2,1-2H3,(H,18,22)(H,19,25)/t11-/m0/s1. The maximum Gasteiger partial charge on any atom is 0.325 e. The molecular formula is C17H22N4O5. The Kier molecular flexibility index (Phi) is 4.71. The van der Waals surface area contributed by atoms with E-state index in [9.17, 15) is 19.2 Å². The van der Waals surface area contributed by atoms with Crippen molar-refractivity contribution in [1.82, 2.24) is 20.4 Å². The number of hydrogen-bond acceptors (Lipinski definition) is 5. The number of hydrogen-bond donors (Lipinski definition) is 2. The van der Waals surface area contributed by atoms with Crippen LogP contribution in [0.2, 0.25) is 0 Å². The quantitative estimate of drug-likeness (QED) is 0.750. The van der Waals surface area contributed by atoms with Crippen LogP contribution in [0.25, 0.3) is 0 Å². The lowest BCUT2D eigenvalue weighted by Gasteiger charge is -2.32. The monoisotopic (exact) mass is 362 g/mol. The van der Waals surface area contributed by atoms with Gasteiger partial charge in [-0.3, -0.25) is 19.3 Å². The van der Waals surface area contributed by atoms with Gasteiger partial charge in [-0.2, -0.15) is 0 Å². The van der Waals surface area contributed by atoms with Crippen LogP contribution in [0.3, 0.4) is 0 Å². The van der Waals surface area contributed by atoms with Gasteiger partial charge < -0.3 is 20.0 Å². The van der Waals surface area contributed by atoms with Crippen molar-refractivity contribution in [3.05, 3.63) is 24.2 Å². The fourth-order valence-corrected chi connectivity index (χ4v) is 3.21. The molecule has 2 N–H and O–H groups in total. The fourth-order valence-electron chi connectivity index (χ4n) is 3.21. The molecule has 1 aromatic rings. The van der Waals surface area contributed by atoms with Gasteiger partial charge >= 0.3 is 6.03 Å². The summed E-state index contributed by atoms with van der Waals surface area (Å²) >= 11 is 0. The van der Waals surface area contributed by atoms with E-state index < -0.39 is 23.4 Å². The highest BCUT2D eigenvalue weighted by Crippen LogP contribution is 2.17. The predicted octanol–water partition coefficient (Wildman–Crippen LogP) is 0.331. The zero-order valence-electron chi connectivity index (χ0n) is 14.8. The van der Waals surface area contributed by atoms with Gasteiger partial charge in [0.15, 0.2) is 5.76 Å². The molecule has 0 aromatic carbocycles. The summed E-state index contributed by atoms with van der Waals surface area (Å²) in [7, 11) is 0. The second-order valence-electron chi connectivity index (χ2n) is 7.08. The van der Waals surface area contributed by atoms with Gasteiger partial charge in [0.25, 0.3) is 11.8 Å². The molecule has 9 heteroatoms. The van der Waals surface area contributed by atoms with Crippen LogP contribution in [-0.4, -0.2) is 64.8 Å². The van der Waals surface area contributed by atoms with Gasteiger partial charge in [0.1, 0.15) is 12.1 Å². The van der Waals surface area contributed by atoms with Gasteiger partial charge in [0.05, 0.1) is 6.26 Å². The molecule has 0 aliphatic carbocycles. The highest BCUT2D eigenvalue weighted by molar-refractivity contribution is 6.08. The van der Waals surface area contributed by atoms with Crippen LogP contribution in [0.15, 0.2) is 22.8 Å². The molecule has 0 spiro atoms. The first-order valence-corrected chi connectivity index (χ1v) is 8.54. The fraction of sp³-hybridized carbons (Fsp3) is 0.529. The molecule has 1 atom stereocenters. The second kappa shape index (κ2) is 6.81. The van der Waals surface area contributed by atoms with E-state index in [1.165, 1.54) is 6.26 Å². The molecule has 0 saturated carbocycles. The van der Waals surface area contributed by atoms with Crippen LogP contribution in [0.5, 0.6) is 0 Å². The minimum absolute atomic E-state index is 0.218. The van der Waals surface area contributed by atoms with Crippen molar-refractivity contribution in [3.63, 3.8) is 0 Å². The van der Waals surface area contributed by atoms with E-state index in [0.29, 0.717) is 13.1 Å². The van der Waals surface area contributed by atoms with Crippen LogP contribution in [-0.2, 0) is 9.59 Å². The first-order chi connectivity index (χ1) is 12.3. The lowest BCUT2D eigenvalue weighted by molar-refractivity contribution is -0.134. The lowest BCUT2D eigenvalue weighted by atomic mass is 10.1. The third-order valence-electron chi connectivity index (χ3n) is 4.55. The average molecular weight is 362 g/mol. The zero-order chi connectivity index (χ0) is 18.9. The number of imide groups is 1. The van der Waals surface area contributed by atoms with Gasteiger partial charge in [0, 0.05) is 19.1 Å². The van der Waals surface area contributed by atoms with Crippen molar-refractivity contribution < 1.29 is 23.6 Å². The first kappa shape index (κ1) is 18.0. The number of carbonyl (C=O) groups is 4. The Morgan fingerprint density at radius 3 is 2.77 bits per heavy atom. The van der Waals surface area contributed by atoms with Crippen molar-refractivity contribution in [3.8, 4) is 0 Å². The smallest absolute Gasteiger partial charge is 0.325 e. The summed E-state index contributed by atoms with van der Waals surface area (Å²) in [6.07, 6.45) is 2.91. The molecule has 5 amide bonds. The van der Waals surface area contributed by atoms with Crippen LogP contribution in [0, 0.1) is 0 Å². The molecule has 2 saturated heterocycles. The van der Waals surface area contributed by atoms with Gasteiger partial charge in [-0.25, -0.2) is 4.79 Å². The summed E-state index contributed by atoms with van der Waals surface area (Å²) in [5.41, 5.74) is -1.01. The molecular weight excluding hydrogens is 340 g/mol. The molecule has 0 bridgehead atoms.